The molecule has 144 valence electrons. The van der Waals surface area contributed by atoms with E-state index in [1.165, 1.54) is 0 Å². The van der Waals surface area contributed by atoms with Crippen molar-refractivity contribution in [1.29, 1.82) is 0 Å². The lowest BCUT2D eigenvalue weighted by atomic mass is 10.1. The highest BCUT2D eigenvalue weighted by molar-refractivity contribution is 5.95. The van der Waals surface area contributed by atoms with Crippen LogP contribution in [0.25, 0.3) is 21.7 Å². The number of carbonyl (C=O) groups is 1. The molecule has 0 fully saturated rings. The summed E-state index contributed by atoms with van der Waals surface area (Å²) in [5.41, 5.74) is 1.05. The molecule has 2 heterocycles. The number of para-hydroxylation sites is 1. The molecular formula is C22H17N3O4. The quantitative estimate of drug-likeness (QED) is 0.514. The first-order chi connectivity index (χ1) is 14.1. The Morgan fingerprint density at radius 2 is 1.76 bits per heavy atom. The van der Waals surface area contributed by atoms with E-state index < -0.39 is 12.0 Å². The summed E-state index contributed by atoms with van der Waals surface area (Å²) in [6, 6.07) is 18.9. The smallest absolute Gasteiger partial charge is 0.308 e. The van der Waals surface area contributed by atoms with Gasteiger partial charge < -0.3 is 19.1 Å². The Bertz CT molecular complexity index is 1290. The summed E-state index contributed by atoms with van der Waals surface area (Å²) in [5, 5.41) is 20.8. The highest BCUT2D eigenvalue weighted by Crippen LogP contribution is 2.38. The molecule has 4 aromatic rings. The second kappa shape index (κ2) is 6.63. The molecule has 7 heteroatoms. The maximum absolute atomic E-state index is 12.5. The Hall–Kier alpha value is -3.87. The van der Waals surface area contributed by atoms with E-state index in [1.54, 1.807) is 11.6 Å². The van der Waals surface area contributed by atoms with Crippen molar-refractivity contribution in [2.75, 3.05) is 6.61 Å². The van der Waals surface area contributed by atoms with Crippen molar-refractivity contribution >= 4 is 33.3 Å². The van der Waals surface area contributed by atoms with Gasteiger partial charge in [-0.25, -0.2) is 0 Å². The lowest BCUT2D eigenvalue weighted by Gasteiger charge is -2.24. The number of benzene rings is 3. The maximum atomic E-state index is 12.5. The van der Waals surface area contributed by atoms with Gasteiger partial charge in [-0.3, -0.25) is 4.79 Å². The zero-order valence-electron chi connectivity index (χ0n) is 15.6. The second-order valence-electron chi connectivity index (χ2n) is 6.85. The molecule has 3 aromatic carbocycles. The molecule has 1 N–H and O–H groups in total. The first-order valence-corrected chi connectivity index (χ1v) is 9.16. The van der Waals surface area contributed by atoms with E-state index in [0.717, 1.165) is 16.3 Å². The highest BCUT2D eigenvalue weighted by Gasteiger charge is 2.28. The van der Waals surface area contributed by atoms with Crippen LogP contribution in [0.4, 0.5) is 5.69 Å². The molecule has 0 aliphatic carbocycles. The largest absolute Gasteiger partial charge is 0.493 e. The van der Waals surface area contributed by atoms with E-state index in [0.29, 0.717) is 16.9 Å². The molecule has 0 unspecified atom stereocenters. The van der Waals surface area contributed by atoms with Crippen LogP contribution in [0, 0.1) is 0 Å². The van der Waals surface area contributed by atoms with Gasteiger partial charge in [0.2, 0.25) is 12.0 Å². The Morgan fingerprint density at radius 3 is 2.55 bits per heavy atom. The average molecular weight is 387 g/mol. The van der Waals surface area contributed by atoms with Gasteiger partial charge in [0.1, 0.15) is 6.61 Å². The van der Waals surface area contributed by atoms with Crippen LogP contribution in [0.15, 0.2) is 70.9 Å². The van der Waals surface area contributed by atoms with Crippen molar-refractivity contribution in [3.05, 3.63) is 60.7 Å². The summed E-state index contributed by atoms with van der Waals surface area (Å²) < 4.78 is 13.1. The van der Waals surface area contributed by atoms with Gasteiger partial charge in [-0.05, 0) is 29.0 Å². The van der Waals surface area contributed by atoms with Crippen LogP contribution in [-0.4, -0.2) is 28.3 Å². The van der Waals surface area contributed by atoms with Crippen LogP contribution in [0.2, 0.25) is 0 Å². The van der Waals surface area contributed by atoms with Crippen molar-refractivity contribution in [1.82, 2.24) is 4.57 Å². The number of azo groups is 1. The predicted octanol–water partition coefficient (Wildman–Crippen LogP) is 4.49. The number of aryl methyl sites for hydroxylation is 1. The van der Waals surface area contributed by atoms with Crippen molar-refractivity contribution in [3.63, 3.8) is 0 Å². The Labute approximate surface area is 165 Å². The lowest BCUT2D eigenvalue weighted by molar-refractivity contribution is -0.127. The van der Waals surface area contributed by atoms with E-state index in [-0.39, 0.29) is 18.2 Å². The second-order valence-corrected chi connectivity index (χ2v) is 6.85. The number of carbonyl (C=O) groups excluding carboxylic acids is 1. The molecule has 0 saturated carbocycles. The van der Waals surface area contributed by atoms with E-state index >= 15 is 0 Å². The summed E-state index contributed by atoms with van der Waals surface area (Å²) in [5.74, 6) is 0.462. The third kappa shape index (κ3) is 2.87. The number of ether oxygens (including phenoxy) is 2. The average Bonchev–Trinajstić information content (AvgIpc) is 3.00. The number of rotatable bonds is 2. The van der Waals surface area contributed by atoms with Gasteiger partial charge in [0.15, 0.2) is 17.2 Å². The molecule has 1 aliphatic rings. The summed E-state index contributed by atoms with van der Waals surface area (Å²) in [6.07, 6.45) is -0.899. The van der Waals surface area contributed by atoms with Crippen LogP contribution in [0.1, 0.15) is 0 Å². The Morgan fingerprint density at radius 1 is 1.07 bits per heavy atom. The van der Waals surface area contributed by atoms with Crippen LogP contribution < -0.4 is 9.47 Å². The molecule has 29 heavy (non-hydrogen) atoms. The van der Waals surface area contributed by atoms with Gasteiger partial charge in [0.05, 0.1) is 5.52 Å². The van der Waals surface area contributed by atoms with Crippen LogP contribution in [0.3, 0.4) is 0 Å². The van der Waals surface area contributed by atoms with Gasteiger partial charge in [-0.2, -0.15) is 0 Å². The lowest BCUT2D eigenvalue weighted by Crippen LogP contribution is -2.35. The van der Waals surface area contributed by atoms with E-state index in [4.69, 9.17) is 9.47 Å². The van der Waals surface area contributed by atoms with Gasteiger partial charge in [0.25, 0.3) is 0 Å². The number of nitrogens with zero attached hydrogens (tertiary/aromatic N) is 3. The molecule has 0 spiro atoms. The first kappa shape index (κ1) is 17.2. The van der Waals surface area contributed by atoms with Crippen molar-refractivity contribution in [2.24, 2.45) is 17.3 Å². The van der Waals surface area contributed by atoms with E-state index in [2.05, 4.69) is 10.2 Å². The first-order valence-electron chi connectivity index (χ1n) is 9.16. The summed E-state index contributed by atoms with van der Waals surface area (Å²) in [4.78, 5) is 12.5. The number of hydrogen-bond acceptors (Lipinski definition) is 5. The van der Waals surface area contributed by atoms with Crippen molar-refractivity contribution in [2.45, 2.75) is 6.10 Å². The molecule has 0 saturated heterocycles. The minimum absolute atomic E-state index is 0.0463. The molecule has 7 nitrogen and oxygen atoms in total. The number of amides is 1. The van der Waals surface area contributed by atoms with Gasteiger partial charge in [-0.15, -0.1) is 10.2 Å². The molecule has 0 bridgehead atoms. The minimum atomic E-state index is -0.899. The summed E-state index contributed by atoms with van der Waals surface area (Å²) >= 11 is 0. The molecule has 5 rings (SSSR count). The monoisotopic (exact) mass is 387 g/mol. The number of fused-ring (bicyclic) bond motifs is 3. The predicted molar refractivity (Wildman–Crippen MR) is 108 cm³/mol. The zero-order chi connectivity index (χ0) is 20.0. The number of aromatic hydroxyl groups is 1. The van der Waals surface area contributed by atoms with Gasteiger partial charge >= 0.3 is 5.91 Å². The Kier molecular flexibility index (Phi) is 3.94. The third-order valence-corrected chi connectivity index (χ3v) is 5.05. The fourth-order valence-corrected chi connectivity index (χ4v) is 3.50. The summed E-state index contributed by atoms with van der Waals surface area (Å²) in [6.45, 7) is 0.0463. The van der Waals surface area contributed by atoms with Crippen molar-refractivity contribution in [3.8, 4) is 17.4 Å². The van der Waals surface area contributed by atoms with Crippen LogP contribution in [0.5, 0.6) is 17.4 Å². The number of aromatic nitrogens is 1. The van der Waals surface area contributed by atoms with E-state index in [9.17, 15) is 9.90 Å². The molecule has 1 atom stereocenters. The molecule has 1 aliphatic heterocycles. The standard InChI is InChI=1S/C22H17N3O4/c1-25-16-9-5-4-8-15(16)20(22(25)27)23-24-21(26)19-12-28-17-10-13-6-2-3-7-14(13)11-18(17)29-19/h2-11,19,27H,12H2,1H3/t19-/m1/s1. The van der Waals surface area contributed by atoms with Gasteiger partial charge in [0, 0.05) is 12.4 Å². The fraction of sp³-hybridized carbons (Fsp3) is 0.136. The topological polar surface area (TPSA) is 85.4 Å². The third-order valence-electron chi connectivity index (χ3n) is 5.05. The zero-order valence-corrected chi connectivity index (χ0v) is 15.6. The number of hydrogen-bond donors (Lipinski definition) is 1. The fourth-order valence-electron chi connectivity index (χ4n) is 3.50. The van der Waals surface area contributed by atoms with Gasteiger partial charge in [-0.1, -0.05) is 42.5 Å². The van der Waals surface area contributed by atoms with Crippen LogP contribution >= 0.6 is 0 Å². The molecular weight excluding hydrogens is 370 g/mol. The summed E-state index contributed by atoms with van der Waals surface area (Å²) in [7, 11) is 1.72. The Balaban J connectivity index is 1.41. The molecule has 1 amide bonds. The normalized spacial score (nSPS) is 16.0. The minimum Gasteiger partial charge on any atom is -0.493 e. The molecule has 1 aromatic heterocycles. The maximum Gasteiger partial charge on any atom is 0.308 e. The van der Waals surface area contributed by atoms with Crippen molar-refractivity contribution < 1.29 is 19.4 Å². The van der Waals surface area contributed by atoms with E-state index in [1.807, 2.05) is 60.7 Å². The SMILES string of the molecule is Cn1c(O)c(N=NC(=O)[C@H]2COc3cc4ccccc4cc3O2)c2ccccc21. The highest BCUT2D eigenvalue weighted by atomic mass is 16.6. The molecule has 0 radical (unpaired) electrons. The van der Waals surface area contributed by atoms with Crippen LogP contribution in [-0.2, 0) is 11.8 Å².